The zero-order valence-corrected chi connectivity index (χ0v) is 22.5. The summed E-state index contributed by atoms with van der Waals surface area (Å²) in [5.41, 5.74) is -0.0686. The van der Waals surface area contributed by atoms with Crippen LogP contribution >= 0.6 is 15.6 Å². The minimum atomic E-state index is -4.89. The lowest BCUT2D eigenvalue weighted by Gasteiger charge is -2.24. The number of esters is 1. The van der Waals surface area contributed by atoms with Gasteiger partial charge in [0.25, 0.3) is 0 Å². The van der Waals surface area contributed by atoms with E-state index in [1.807, 2.05) is 0 Å². The number of nitrogens with zero attached hydrogens (tertiary/aromatic N) is 4. The van der Waals surface area contributed by atoms with Gasteiger partial charge in [-0.25, -0.2) is 24.1 Å². The molecule has 2 aromatic heterocycles. The van der Waals surface area contributed by atoms with E-state index >= 15 is 0 Å². The Labute approximate surface area is 217 Å². The molecule has 4 atom stereocenters. The molecule has 2 aliphatic carbocycles. The lowest BCUT2D eigenvalue weighted by Crippen LogP contribution is -2.26. The van der Waals surface area contributed by atoms with Gasteiger partial charge in [-0.05, 0) is 37.5 Å². The molecule has 2 aromatic rings. The highest BCUT2D eigenvalue weighted by Crippen LogP contribution is 2.71. The number of methoxy groups -OCH3 is 1. The predicted octanol–water partition coefficient (Wildman–Crippen LogP) is 1.49. The average molecular weight is 573 g/mol. The predicted molar refractivity (Wildman–Crippen MR) is 131 cm³/mol. The molecule has 2 saturated carbocycles. The number of hydrogen-bond acceptors (Lipinski definition) is 10. The van der Waals surface area contributed by atoms with Crippen LogP contribution in [0.2, 0.25) is 0 Å². The first-order valence-corrected chi connectivity index (χ1v) is 14.8. The molecule has 5 N–H and O–H groups in total. The molecule has 4 rings (SSSR count). The smallest absolute Gasteiger partial charge is 0.469 e. The summed E-state index contributed by atoms with van der Waals surface area (Å²) in [7, 11) is -6.68. The quantitative estimate of drug-likeness (QED) is 0.111. The summed E-state index contributed by atoms with van der Waals surface area (Å²) in [5, 5.41) is 2.97. The van der Waals surface area contributed by atoms with E-state index in [4.69, 9.17) is 9.05 Å². The van der Waals surface area contributed by atoms with Crippen LogP contribution in [0.4, 0.5) is 5.82 Å². The Morgan fingerprint density at radius 2 is 2.00 bits per heavy atom. The third-order valence-corrected chi connectivity index (χ3v) is 7.88. The Kier molecular flexibility index (Phi) is 8.28. The average Bonchev–Trinajstić information content (AvgIpc) is 3.31. The van der Waals surface area contributed by atoms with Gasteiger partial charge in [-0.3, -0.25) is 13.8 Å². The van der Waals surface area contributed by atoms with Gasteiger partial charge < -0.3 is 34.2 Å². The van der Waals surface area contributed by atoms with E-state index in [9.17, 15) is 33.5 Å². The van der Waals surface area contributed by atoms with Crippen molar-refractivity contribution in [2.75, 3.05) is 26.1 Å². The molecule has 208 valence electrons. The molecule has 0 aliphatic heterocycles. The summed E-state index contributed by atoms with van der Waals surface area (Å²) >= 11 is 0. The summed E-state index contributed by atoms with van der Waals surface area (Å²) in [5.74, 6) is 6.08. The van der Waals surface area contributed by atoms with E-state index in [1.165, 1.54) is 7.11 Å². The van der Waals surface area contributed by atoms with Crippen LogP contribution in [0.5, 0.6) is 0 Å². The fourth-order valence-electron chi connectivity index (χ4n) is 5.06. The fourth-order valence-corrected chi connectivity index (χ4v) is 6.09. The van der Waals surface area contributed by atoms with Crippen LogP contribution in [0.15, 0.2) is 6.33 Å². The number of carbonyl (C=O) groups excluding carboxylic acids is 1. The van der Waals surface area contributed by atoms with Crippen LogP contribution in [0.25, 0.3) is 11.2 Å². The first-order chi connectivity index (χ1) is 17.9. The monoisotopic (exact) mass is 573 g/mol. The van der Waals surface area contributed by atoms with Gasteiger partial charge in [0.15, 0.2) is 17.0 Å². The Morgan fingerprint density at radius 1 is 1.24 bits per heavy atom. The third kappa shape index (κ3) is 6.42. The lowest BCUT2D eigenvalue weighted by atomic mass is 10.0. The minimum absolute atomic E-state index is 0.145. The van der Waals surface area contributed by atoms with Crippen LogP contribution in [0.1, 0.15) is 50.4 Å². The molecule has 15 nitrogen and oxygen atoms in total. The molecular weight excluding hydrogens is 544 g/mol. The van der Waals surface area contributed by atoms with Crippen LogP contribution in [0.3, 0.4) is 0 Å². The van der Waals surface area contributed by atoms with Gasteiger partial charge >= 0.3 is 21.6 Å². The zero-order chi connectivity index (χ0) is 27.7. The molecule has 2 fully saturated rings. The van der Waals surface area contributed by atoms with Crippen LogP contribution in [0, 0.1) is 23.2 Å². The van der Waals surface area contributed by atoms with E-state index in [2.05, 4.69) is 36.8 Å². The molecule has 0 amide bonds. The number of phosphoric acid groups is 2. The molecule has 2 aliphatic rings. The van der Waals surface area contributed by atoms with Crippen LogP contribution < -0.4 is 5.32 Å². The number of phosphoric ester groups is 2. The second-order valence-corrected chi connectivity index (χ2v) is 11.7. The van der Waals surface area contributed by atoms with Crippen molar-refractivity contribution in [1.29, 1.82) is 0 Å². The summed E-state index contributed by atoms with van der Waals surface area (Å²) in [6, 6.07) is -0.379. The molecular formula is C21H29N5O10P2. The first kappa shape index (κ1) is 28.6. The van der Waals surface area contributed by atoms with Crippen molar-refractivity contribution in [3.63, 3.8) is 0 Å². The molecule has 17 heteroatoms. The summed E-state index contributed by atoms with van der Waals surface area (Å²) < 4.78 is 39.1. The van der Waals surface area contributed by atoms with Crippen molar-refractivity contribution >= 4 is 38.6 Å². The number of carbonyl (C=O) groups is 1. The number of fused-ring (bicyclic) bond motifs is 2. The maximum atomic E-state index is 11.6. The number of nitrogens with one attached hydrogen (secondary N) is 1. The van der Waals surface area contributed by atoms with Crippen molar-refractivity contribution in [2.24, 2.45) is 11.3 Å². The standard InChI is InChI=1S/C21H29N5O10P2/c1-22-19-18-20(25-16(24-19)7-5-3-4-6-8-17(27)34-2)26(12-23-18)14-9-15(36-38(31,32)33)21(10-13(14)21)11-35-37(28,29)30/h12-15H,3-4,6,8-11H2,1-2H3,(H,22,24,25)(H2,28,29,30)(H2,31,32,33)/t13-,14?,15?,21+/m0/s1. The Bertz CT molecular complexity index is 1360. The number of imidazole rings is 1. The second kappa shape index (κ2) is 11.0. The van der Waals surface area contributed by atoms with Gasteiger partial charge in [-0.2, -0.15) is 0 Å². The fraction of sp³-hybridized carbons (Fsp3) is 0.619. The number of anilines is 1. The van der Waals surface area contributed by atoms with Crippen molar-refractivity contribution < 1.29 is 47.3 Å². The third-order valence-electron chi connectivity index (χ3n) is 6.88. The molecule has 2 heterocycles. The number of unbranched alkanes of at least 4 members (excludes halogenated alkanes) is 2. The highest BCUT2D eigenvalue weighted by molar-refractivity contribution is 7.46. The summed E-state index contributed by atoms with van der Waals surface area (Å²) in [6.45, 7) is -0.417. The van der Waals surface area contributed by atoms with E-state index in [1.54, 1.807) is 17.9 Å². The van der Waals surface area contributed by atoms with Gasteiger partial charge in [-0.1, -0.05) is 5.92 Å². The zero-order valence-electron chi connectivity index (χ0n) is 20.7. The van der Waals surface area contributed by atoms with E-state index in [0.29, 0.717) is 49.1 Å². The van der Waals surface area contributed by atoms with E-state index < -0.39 is 33.8 Å². The minimum Gasteiger partial charge on any atom is -0.469 e. The second-order valence-electron chi connectivity index (χ2n) is 9.25. The number of ether oxygens (including phenoxy) is 1. The summed E-state index contributed by atoms with van der Waals surface area (Å²) in [6.07, 6.45) is 3.25. The highest BCUT2D eigenvalue weighted by Gasteiger charge is 2.70. The molecule has 0 aromatic carbocycles. The van der Waals surface area contributed by atoms with Crippen molar-refractivity contribution in [2.45, 2.75) is 50.7 Å². The number of aromatic nitrogens is 4. The van der Waals surface area contributed by atoms with Gasteiger partial charge in [0.05, 0.1) is 26.1 Å². The Hall–Kier alpha value is -2.40. The number of rotatable bonds is 11. The van der Waals surface area contributed by atoms with Crippen LogP contribution in [-0.4, -0.2) is 71.9 Å². The molecule has 2 unspecified atom stereocenters. The topological polar surface area (TPSA) is 215 Å². The van der Waals surface area contributed by atoms with Crippen LogP contribution in [-0.2, 0) is 27.7 Å². The molecule has 38 heavy (non-hydrogen) atoms. The van der Waals surface area contributed by atoms with E-state index in [0.717, 1.165) is 0 Å². The molecule has 0 spiro atoms. The molecule has 0 saturated heterocycles. The summed E-state index contributed by atoms with van der Waals surface area (Å²) in [4.78, 5) is 61.8. The maximum absolute atomic E-state index is 11.6. The van der Waals surface area contributed by atoms with Gasteiger partial charge in [0.2, 0.25) is 5.82 Å². The normalized spacial score (nSPS) is 24.5. The SMILES string of the molecule is CNc1nc(C#CCCCCC(=O)OC)nc2c1ncn2C1CC(OP(=O)(O)O)[C@@]2(COP(=O)(O)O)C[C@@H]12. The van der Waals surface area contributed by atoms with Crippen molar-refractivity contribution in [3.8, 4) is 11.8 Å². The van der Waals surface area contributed by atoms with Crippen molar-refractivity contribution in [1.82, 2.24) is 19.5 Å². The first-order valence-electron chi connectivity index (χ1n) is 11.8. The number of hydrogen-bond donors (Lipinski definition) is 5. The molecule has 0 bridgehead atoms. The lowest BCUT2D eigenvalue weighted by molar-refractivity contribution is -0.140. The van der Waals surface area contributed by atoms with Gasteiger partial charge in [0, 0.05) is 31.3 Å². The van der Waals surface area contributed by atoms with Gasteiger partial charge in [0.1, 0.15) is 0 Å². The largest absolute Gasteiger partial charge is 0.469 e. The Balaban J connectivity index is 1.58. The maximum Gasteiger partial charge on any atom is 0.469 e. The van der Waals surface area contributed by atoms with E-state index in [-0.39, 0.29) is 30.2 Å². The van der Waals surface area contributed by atoms with Gasteiger partial charge in [-0.15, -0.1) is 0 Å². The molecule has 0 radical (unpaired) electrons. The highest BCUT2D eigenvalue weighted by atomic mass is 31.2. The van der Waals surface area contributed by atoms with Crippen molar-refractivity contribution in [3.05, 3.63) is 12.2 Å². The Morgan fingerprint density at radius 3 is 2.66 bits per heavy atom.